The van der Waals surface area contributed by atoms with Gasteiger partial charge in [-0.05, 0) is 48.9 Å². The summed E-state index contributed by atoms with van der Waals surface area (Å²) >= 11 is 0. The number of hydrogen-bond acceptors (Lipinski definition) is 5. The minimum absolute atomic E-state index is 0.0532. The molecule has 0 bridgehead atoms. The van der Waals surface area contributed by atoms with Crippen LogP contribution in [0, 0.1) is 0 Å². The maximum Gasteiger partial charge on any atom is 0.335 e. The lowest BCUT2D eigenvalue weighted by Crippen LogP contribution is -2.30. The molecule has 8 nitrogen and oxygen atoms in total. The van der Waals surface area contributed by atoms with Crippen LogP contribution in [-0.2, 0) is 14.8 Å². The number of aliphatic carboxylic acids is 1. The first-order chi connectivity index (χ1) is 12.7. The molecule has 3 N–H and O–H groups in total. The molecule has 27 heavy (non-hydrogen) atoms. The maximum atomic E-state index is 12.6. The van der Waals surface area contributed by atoms with Crippen molar-refractivity contribution in [3.8, 4) is 5.75 Å². The van der Waals surface area contributed by atoms with Crippen molar-refractivity contribution >= 4 is 22.0 Å². The fourth-order valence-electron chi connectivity index (χ4n) is 2.40. The van der Waals surface area contributed by atoms with Crippen LogP contribution in [0.3, 0.4) is 0 Å². The summed E-state index contributed by atoms with van der Waals surface area (Å²) in [5.74, 6) is -1.76. The van der Waals surface area contributed by atoms with E-state index in [1.165, 1.54) is 12.1 Å². The van der Waals surface area contributed by atoms with E-state index in [9.17, 15) is 18.0 Å². The highest BCUT2D eigenvalue weighted by Crippen LogP contribution is 2.23. The fourth-order valence-corrected chi connectivity index (χ4v) is 3.62. The van der Waals surface area contributed by atoms with Gasteiger partial charge in [-0.15, -0.1) is 0 Å². The van der Waals surface area contributed by atoms with E-state index in [2.05, 4.69) is 4.72 Å². The Bertz CT molecular complexity index is 906. The Morgan fingerprint density at radius 3 is 2.11 bits per heavy atom. The third-order valence-corrected chi connectivity index (χ3v) is 5.17. The van der Waals surface area contributed by atoms with Crippen LogP contribution in [0.15, 0.2) is 53.4 Å². The Kier molecular flexibility index (Phi) is 6.54. The molecule has 0 heterocycles. The molecule has 9 heteroatoms. The molecule has 0 aromatic heterocycles. The molecule has 2 rings (SSSR count). The van der Waals surface area contributed by atoms with Crippen LogP contribution >= 0.6 is 0 Å². The smallest absolute Gasteiger partial charge is 0.335 e. The zero-order chi connectivity index (χ0) is 20.0. The van der Waals surface area contributed by atoms with Crippen LogP contribution in [0.25, 0.3) is 0 Å². The lowest BCUT2D eigenvalue weighted by atomic mass is 10.0. The average Bonchev–Trinajstić information content (AvgIpc) is 2.61. The first-order valence-corrected chi connectivity index (χ1v) is 9.51. The molecule has 0 spiro atoms. The predicted octanol–water partition coefficient (Wildman–Crippen LogP) is 2.28. The summed E-state index contributed by atoms with van der Waals surface area (Å²) in [6, 6.07) is 10.1. The minimum Gasteiger partial charge on any atom is -0.494 e. The number of carboxylic acids is 2. The highest BCUT2D eigenvalue weighted by Gasteiger charge is 2.24. The number of carbonyl (C=O) groups is 2. The molecular weight excluding hydrogens is 374 g/mol. The zero-order valence-electron chi connectivity index (χ0n) is 14.5. The van der Waals surface area contributed by atoms with E-state index in [1.54, 1.807) is 24.3 Å². The van der Waals surface area contributed by atoms with Gasteiger partial charge in [0.15, 0.2) is 0 Å². The van der Waals surface area contributed by atoms with Gasteiger partial charge >= 0.3 is 11.9 Å². The number of ether oxygens (including phenoxy) is 1. The molecular formula is C18H19NO7S. The molecule has 0 radical (unpaired) electrons. The first kappa shape index (κ1) is 20.4. The summed E-state index contributed by atoms with van der Waals surface area (Å²) in [5, 5.41) is 18.0. The van der Waals surface area contributed by atoms with E-state index >= 15 is 0 Å². The van der Waals surface area contributed by atoms with Crippen LogP contribution in [0.1, 0.15) is 35.3 Å². The van der Waals surface area contributed by atoms with Gasteiger partial charge in [-0.2, -0.15) is 0 Å². The molecule has 0 saturated heterocycles. The lowest BCUT2D eigenvalue weighted by molar-refractivity contribution is -0.137. The minimum atomic E-state index is -4.05. The van der Waals surface area contributed by atoms with Gasteiger partial charge in [-0.1, -0.05) is 12.1 Å². The average molecular weight is 393 g/mol. The Morgan fingerprint density at radius 2 is 1.63 bits per heavy atom. The van der Waals surface area contributed by atoms with Gasteiger partial charge in [0.2, 0.25) is 10.0 Å². The van der Waals surface area contributed by atoms with Crippen molar-refractivity contribution in [3.63, 3.8) is 0 Å². The molecule has 0 aliphatic rings. The summed E-state index contributed by atoms with van der Waals surface area (Å²) < 4.78 is 32.8. The van der Waals surface area contributed by atoms with Gasteiger partial charge in [0.05, 0.1) is 29.5 Å². The van der Waals surface area contributed by atoms with E-state index in [4.69, 9.17) is 14.9 Å². The van der Waals surface area contributed by atoms with Crippen LogP contribution in [-0.4, -0.2) is 37.2 Å². The predicted molar refractivity (Wildman–Crippen MR) is 96.3 cm³/mol. The SMILES string of the molecule is CCOc1ccc([C@H](CC(=O)O)NS(=O)(=O)c2ccc(C(=O)O)cc2)cc1. The summed E-state index contributed by atoms with van der Waals surface area (Å²) in [5.41, 5.74) is 0.411. The molecule has 0 aliphatic heterocycles. The quantitative estimate of drug-likeness (QED) is 0.596. The number of rotatable bonds is 9. The van der Waals surface area contributed by atoms with E-state index in [0.29, 0.717) is 17.9 Å². The van der Waals surface area contributed by atoms with E-state index in [1.807, 2.05) is 6.92 Å². The van der Waals surface area contributed by atoms with Gasteiger partial charge in [-0.25, -0.2) is 17.9 Å². The summed E-state index contributed by atoms with van der Waals surface area (Å²) in [6.45, 7) is 2.29. The van der Waals surface area contributed by atoms with Gasteiger partial charge < -0.3 is 14.9 Å². The third-order valence-electron chi connectivity index (χ3n) is 3.68. The number of hydrogen-bond donors (Lipinski definition) is 3. The second-order valence-corrected chi connectivity index (χ2v) is 7.32. The fraction of sp³-hybridized carbons (Fsp3) is 0.222. The second kappa shape index (κ2) is 8.65. The molecule has 0 amide bonds. The highest BCUT2D eigenvalue weighted by molar-refractivity contribution is 7.89. The van der Waals surface area contributed by atoms with Gasteiger partial charge in [0.1, 0.15) is 5.75 Å². The van der Waals surface area contributed by atoms with Crippen LogP contribution in [0.5, 0.6) is 5.75 Å². The van der Waals surface area contributed by atoms with Gasteiger partial charge in [0.25, 0.3) is 0 Å². The Morgan fingerprint density at radius 1 is 1.04 bits per heavy atom. The molecule has 2 aromatic carbocycles. The Balaban J connectivity index is 2.28. The van der Waals surface area contributed by atoms with Crippen LogP contribution < -0.4 is 9.46 Å². The highest BCUT2D eigenvalue weighted by atomic mass is 32.2. The first-order valence-electron chi connectivity index (χ1n) is 8.03. The summed E-state index contributed by atoms with van der Waals surface area (Å²) in [6.07, 6.45) is -0.458. The monoisotopic (exact) mass is 393 g/mol. The van der Waals surface area contributed by atoms with Crippen molar-refractivity contribution in [1.29, 1.82) is 0 Å². The normalized spacial score (nSPS) is 12.3. The van der Waals surface area contributed by atoms with E-state index < -0.39 is 34.4 Å². The molecule has 0 unspecified atom stereocenters. The number of sulfonamides is 1. The van der Waals surface area contributed by atoms with E-state index in [-0.39, 0.29) is 10.5 Å². The molecule has 1 atom stereocenters. The van der Waals surface area contributed by atoms with Crippen molar-refractivity contribution in [3.05, 3.63) is 59.7 Å². The Labute approximate surface area is 156 Å². The lowest BCUT2D eigenvalue weighted by Gasteiger charge is -2.18. The van der Waals surface area contributed by atoms with Crippen molar-refractivity contribution in [2.24, 2.45) is 0 Å². The second-order valence-electron chi connectivity index (χ2n) is 5.60. The van der Waals surface area contributed by atoms with Gasteiger partial charge in [-0.3, -0.25) is 4.79 Å². The molecule has 144 valence electrons. The molecule has 0 fully saturated rings. The van der Waals surface area contributed by atoms with Crippen molar-refractivity contribution < 1.29 is 33.0 Å². The topological polar surface area (TPSA) is 130 Å². The van der Waals surface area contributed by atoms with Crippen molar-refractivity contribution in [2.75, 3.05) is 6.61 Å². The van der Waals surface area contributed by atoms with Gasteiger partial charge in [0, 0.05) is 0 Å². The standard InChI is InChI=1S/C18H19NO7S/c1-2-26-14-7-3-12(4-8-14)16(11-17(20)21)19-27(24,25)15-9-5-13(6-10-15)18(22)23/h3-10,16,19H,2,11H2,1H3,(H,20,21)(H,22,23)/t16-/m0/s1. The van der Waals surface area contributed by atoms with Crippen molar-refractivity contribution in [2.45, 2.75) is 24.3 Å². The Hall–Kier alpha value is -2.91. The van der Waals surface area contributed by atoms with Crippen LogP contribution in [0.2, 0.25) is 0 Å². The molecule has 2 aromatic rings. The molecule has 0 aliphatic carbocycles. The summed E-state index contributed by atoms with van der Waals surface area (Å²) in [7, 11) is -4.05. The molecule has 0 saturated carbocycles. The van der Waals surface area contributed by atoms with Crippen molar-refractivity contribution in [1.82, 2.24) is 4.72 Å². The number of benzene rings is 2. The van der Waals surface area contributed by atoms with E-state index in [0.717, 1.165) is 12.1 Å². The number of carboxylic acid groups (broad SMARTS) is 2. The number of nitrogens with one attached hydrogen (secondary N) is 1. The zero-order valence-corrected chi connectivity index (χ0v) is 15.3. The maximum absolute atomic E-state index is 12.6. The largest absolute Gasteiger partial charge is 0.494 e. The summed E-state index contributed by atoms with van der Waals surface area (Å²) in [4.78, 5) is 21.9. The van der Waals surface area contributed by atoms with Crippen LogP contribution in [0.4, 0.5) is 0 Å². The third kappa shape index (κ3) is 5.53. The number of aromatic carboxylic acids is 1.